The molecule has 0 aromatic heterocycles. The molecule has 6 heteroatoms. The van der Waals surface area contributed by atoms with E-state index in [1.54, 1.807) is 0 Å². The van der Waals surface area contributed by atoms with Gasteiger partial charge in [0.25, 0.3) is 0 Å². The molecule has 0 bridgehead atoms. The van der Waals surface area contributed by atoms with Crippen molar-refractivity contribution in [2.24, 2.45) is 40.4 Å². The third kappa shape index (κ3) is 4.47. The molecule has 4 saturated carbocycles. The van der Waals surface area contributed by atoms with Crippen LogP contribution in [0.4, 0.5) is 0 Å². The Kier molecular flexibility index (Phi) is 7.53. The Morgan fingerprint density at radius 2 is 1.69 bits per heavy atom. The van der Waals surface area contributed by atoms with Crippen molar-refractivity contribution in [1.29, 1.82) is 0 Å². The first-order valence-corrected chi connectivity index (χ1v) is 13.9. The van der Waals surface area contributed by atoms with E-state index in [-0.39, 0.29) is 40.6 Å². The van der Waals surface area contributed by atoms with Crippen LogP contribution in [0.15, 0.2) is 22.8 Å². The molecule has 4 aliphatic rings. The molecule has 3 N–H and O–H groups in total. The molecule has 0 aromatic carbocycles. The molecule has 0 aliphatic heterocycles. The second-order valence-electron chi connectivity index (χ2n) is 13.0. The standard InChI is InChI=1S/C30H46O6/c1-16(2)8-7-9-19(28(34)35)26-22-14-24(33)27-21(30(22,6)15-25(26)36-18(4)31)11-10-20-17(3)23(32)12-13-29(20,27)5/h8,17,20-25,27,32-33H,7,9-15H2,1-6H3,(H,34,35)/b26-19-/t17-,20?,21-,22?,23+,24-,25-,27-,29-,30+/m0/s1. The van der Waals surface area contributed by atoms with Crippen LogP contribution in [0, 0.1) is 40.4 Å². The van der Waals surface area contributed by atoms with E-state index in [0.717, 1.165) is 36.8 Å². The molecule has 202 valence electrons. The topological polar surface area (TPSA) is 104 Å². The normalized spacial score (nSPS) is 45.1. The zero-order valence-corrected chi connectivity index (χ0v) is 22.9. The quantitative estimate of drug-likeness (QED) is 0.269. The molecule has 2 unspecified atom stereocenters. The van der Waals surface area contributed by atoms with Gasteiger partial charge in [0, 0.05) is 12.5 Å². The maximum absolute atomic E-state index is 12.5. The number of fused-ring (bicyclic) bond motifs is 5. The van der Waals surface area contributed by atoms with Gasteiger partial charge in [-0.1, -0.05) is 32.4 Å². The molecule has 10 atom stereocenters. The fourth-order valence-corrected chi connectivity index (χ4v) is 9.24. The SMILES string of the molecule is CC(=O)O[C@H]1C[C@@]2(C)C(C[C@H](O)[C@@H]3[C@@H]2CCC2[C@H](C)[C@H](O)CC[C@@]23C)/C1=C(\CCC=C(C)C)C(=O)O. The van der Waals surface area contributed by atoms with Gasteiger partial charge in [0.15, 0.2) is 0 Å². The highest BCUT2D eigenvalue weighted by molar-refractivity contribution is 5.88. The number of rotatable bonds is 5. The third-order valence-corrected chi connectivity index (χ3v) is 10.8. The van der Waals surface area contributed by atoms with Crippen LogP contribution in [0.5, 0.6) is 0 Å². The number of ether oxygens (including phenoxy) is 1. The molecular formula is C30H46O6. The van der Waals surface area contributed by atoms with Crippen molar-refractivity contribution < 1.29 is 29.6 Å². The number of esters is 1. The van der Waals surface area contributed by atoms with E-state index in [1.165, 1.54) is 6.92 Å². The minimum atomic E-state index is -0.948. The summed E-state index contributed by atoms with van der Waals surface area (Å²) in [4.78, 5) is 24.7. The van der Waals surface area contributed by atoms with E-state index in [2.05, 4.69) is 20.8 Å². The van der Waals surface area contributed by atoms with Gasteiger partial charge in [-0.3, -0.25) is 4.79 Å². The fraction of sp³-hybridized carbons (Fsp3) is 0.800. The summed E-state index contributed by atoms with van der Waals surface area (Å²) in [5.41, 5.74) is 1.93. The molecule has 0 amide bonds. The third-order valence-electron chi connectivity index (χ3n) is 10.8. The Morgan fingerprint density at radius 1 is 1.03 bits per heavy atom. The lowest BCUT2D eigenvalue weighted by atomic mass is 9.42. The van der Waals surface area contributed by atoms with Crippen LogP contribution < -0.4 is 0 Å². The Balaban J connectivity index is 1.77. The van der Waals surface area contributed by atoms with Gasteiger partial charge in [0.05, 0.1) is 12.2 Å². The minimum Gasteiger partial charge on any atom is -0.478 e. The Labute approximate surface area is 216 Å². The summed E-state index contributed by atoms with van der Waals surface area (Å²) in [6.07, 6.45) is 6.42. The molecule has 0 radical (unpaired) electrons. The Bertz CT molecular complexity index is 947. The number of carbonyl (C=O) groups is 2. The molecular weight excluding hydrogens is 456 g/mol. The van der Waals surface area contributed by atoms with Crippen LogP contribution in [0.3, 0.4) is 0 Å². The molecule has 0 saturated heterocycles. The molecule has 0 aromatic rings. The van der Waals surface area contributed by atoms with Crippen molar-refractivity contribution in [2.75, 3.05) is 0 Å². The van der Waals surface area contributed by atoms with E-state index in [9.17, 15) is 24.9 Å². The molecule has 36 heavy (non-hydrogen) atoms. The summed E-state index contributed by atoms with van der Waals surface area (Å²) >= 11 is 0. The van der Waals surface area contributed by atoms with Crippen molar-refractivity contribution in [3.05, 3.63) is 22.8 Å². The van der Waals surface area contributed by atoms with E-state index < -0.39 is 24.1 Å². The number of carboxylic acids is 1. The van der Waals surface area contributed by atoms with E-state index in [1.807, 2.05) is 19.9 Å². The van der Waals surface area contributed by atoms with Crippen molar-refractivity contribution in [2.45, 2.75) is 111 Å². The molecule has 4 rings (SSSR count). The van der Waals surface area contributed by atoms with Crippen molar-refractivity contribution in [3.63, 3.8) is 0 Å². The first-order chi connectivity index (χ1) is 16.8. The van der Waals surface area contributed by atoms with Gasteiger partial charge in [-0.2, -0.15) is 0 Å². The van der Waals surface area contributed by atoms with Crippen LogP contribution >= 0.6 is 0 Å². The summed E-state index contributed by atoms with van der Waals surface area (Å²) in [6, 6.07) is 0. The zero-order chi connectivity index (χ0) is 26.6. The summed E-state index contributed by atoms with van der Waals surface area (Å²) in [6.45, 7) is 12.1. The maximum atomic E-state index is 12.5. The van der Waals surface area contributed by atoms with E-state index in [0.29, 0.717) is 37.2 Å². The second kappa shape index (κ2) is 9.90. The number of hydrogen-bond acceptors (Lipinski definition) is 5. The van der Waals surface area contributed by atoms with Gasteiger partial charge < -0.3 is 20.1 Å². The van der Waals surface area contributed by atoms with Gasteiger partial charge in [0.1, 0.15) is 6.10 Å². The van der Waals surface area contributed by atoms with E-state index >= 15 is 0 Å². The first kappa shape index (κ1) is 27.4. The van der Waals surface area contributed by atoms with Crippen molar-refractivity contribution in [3.8, 4) is 0 Å². The summed E-state index contributed by atoms with van der Waals surface area (Å²) in [7, 11) is 0. The smallest absolute Gasteiger partial charge is 0.331 e. The monoisotopic (exact) mass is 502 g/mol. The fourth-order valence-electron chi connectivity index (χ4n) is 9.24. The lowest BCUT2D eigenvalue weighted by Crippen LogP contribution is -2.61. The van der Waals surface area contributed by atoms with Gasteiger partial charge in [-0.25, -0.2) is 4.79 Å². The lowest BCUT2D eigenvalue weighted by molar-refractivity contribution is -0.191. The Morgan fingerprint density at radius 3 is 2.31 bits per heavy atom. The van der Waals surface area contributed by atoms with Crippen LogP contribution in [-0.2, 0) is 14.3 Å². The highest BCUT2D eigenvalue weighted by Gasteiger charge is 2.66. The summed E-state index contributed by atoms with van der Waals surface area (Å²) in [5.74, 6) is -0.558. The van der Waals surface area contributed by atoms with Gasteiger partial charge in [0.2, 0.25) is 0 Å². The second-order valence-corrected chi connectivity index (χ2v) is 13.0. The van der Waals surface area contributed by atoms with Crippen LogP contribution in [-0.4, -0.2) is 45.6 Å². The minimum absolute atomic E-state index is 0.0581. The number of hydrogen-bond donors (Lipinski definition) is 3. The number of aliphatic hydroxyl groups excluding tert-OH is 2. The molecule has 0 spiro atoms. The number of allylic oxidation sites excluding steroid dienone is 2. The predicted octanol–water partition coefficient (Wildman–Crippen LogP) is 5.28. The average molecular weight is 503 g/mol. The number of aliphatic hydroxyl groups is 2. The number of carbonyl (C=O) groups excluding carboxylic acids is 1. The number of aliphatic carboxylic acids is 1. The van der Waals surface area contributed by atoms with Crippen LogP contribution in [0.25, 0.3) is 0 Å². The summed E-state index contributed by atoms with van der Waals surface area (Å²) < 4.78 is 5.83. The van der Waals surface area contributed by atoms with E-state index in [4.69, 9.17) is 4.74 Å². The largest absolute Gasteiger partial charge is 0.478 e. The van der Waals surface area contributed by atoms with Crippen molar-refractivity contribution in [1.82, 2.24) is 0 Å². The maximum Gasteiger partial charge on any atom is 0.331 e. The average Bonchev–Trinajstić information content (AvgIpc) is 3.04. The molecule has 4 fully saturated rings. The van der Waals surface area contributed by atoms with Gasteiger partial charge in [-0.05, 0) is 111 Å². The van der Waals surface area contributed by atoms with Crippen molar-refractivity contribution >= 4 is 11.9 Å². The highest BCUT2D eigenvalue weighted by atomic mass is 16.5. The molecule has 0 heterocycles. The molecule has 4 aliphatic carbocycles. The first-order valence-electron chi connectivity index (χ1n) is 13.9. The highest BCUT2D eigenvalue weighted by Crippen LogP contribution is 2.69. The van der Waals surface area contributed by atoms with Gasteiger partial charge >= 0.3 is 11.9 Å². The van der Waals surface area contributed by atoms with Gasteiger partial charge in [-0.15, -0.1) is 0 Å². The summed E-state index contributed by atoms with van der Waals surface area (Å²) in [5, 5.41) is 32.6. The zero-order valence-electron chi connectivity index (χ0n) is 22.9. The van der Waals surface area contributed by atoms with Crippen LogP contribution in [0.2, 0.25) is 0 Å². The Hall–Kier alpha value is -1.66. The molecule has 6 nitrogen and oxygen atoms in total. The van der Waals surface area contributed by atoms with Crippen LogP contribution in [0.1, 0.15) is 92.9 Å². The number of carboxylic acid groups (broad SMARTS) is 1. The predicted molar refractivity (Wildman–Crippen MR) is 138 cm³/mol. The lowest BCUT2D eigenvalue weighted by Gasteiger charge is -2.64.